The predicted molar refractivity (Wildman–Crippen MR) is 131 cm³/mol. The number of halogens is 4. The Balaban J connectivity index is 1.82. The van der Waals surface area contributed by atoms with E-state index in [0.717, 1.165) is 60.7 Å². The van der Waals surface area contributed by atoms with Crippen LogP contribution in [0.2, 0.25) is 0 Å². The van der Waals surface area contributed by atoms with Crippen LogP contribution in [-0.4, -0.2) is 41.6 Å². The van der Waals surface area contributed by atoms with Crippen molar-refractivity contribution in [2.45, 2.75) is 51.4 Å². The number of rotatable bonds is 9. The Morgan fingerprint density at radius 2 is 1.94 bits per heavy atom. The number of alkyl halides is 4. The van der Waals surface area contributed by atoms with Crippen LogP contribution in [-0.2, 0) is 17.6 Å². The molecule has 1 aliphatic carbocycles. The minimum Gasteiger partial charge on any atom is -0.487 e. The first-order valence-corrected chi connectivity index (χ1v) is 12.2. The van der Waals surface area contributed by atoms with Gasteiger partial charge in [0.25, 0.3) is 5.69 Å². The highest BCUT2D eigenvalue weighted by molar-refractivity contribution is 7.80. The molecule has 0 aliphatic heterocycles. The molecule has 0 unspecified atom stereocenters. The van der Waals surface area contributed by atoms with Gasteiger partial charge in [0, 0.05) is 17.0 Å². The molecule has 1 heterocycles. The smallest absolute Gasteiger partial charge is 0.341 e. The van der Waals surface area contributed by atoms with Crippen molar-refractivity contribution >= 4 is 51.0 Å². The number of carbonyl (C=O) groups is 1. The third-order valence-corrected chi connectivity index (χ3v) is 6.65. The molecular weight excluding hydrogens is 526 g/mol. The van der Waals surface area contributed by atoms with E-state index in [-0.39, 0.29) is 17.4 Å². The standard InChI is InChI=1S/C22H23F4N3O5S2/c1-2-33-19(30)17-15-6-4-3-5-7-16(15)36-18(17)28-21(35)27-12-8-13(29(31)32)10-14(9-12)34-11-22(25,26)20(23)24/h8-10,20H,2-7,11H2,1H3,(H2,27,28,35). The molecule has 8 nitrogen and oxygen atoms in total. The maximum Gasteiger partial charge on any atom is 0.341 e. The number of anilines is 2. The fourth-order valence-corrected chi connectivity index (χ4v) is 5.17. The molecule has 3 rings (SSSR count). The van der Waals surface area contributed by atoms with Crippen LogP contribution >= 0.6 is 23.6 Å². The zero-order valence-corrected chi connectivity index (χ0v) is 20.7. The molecule has 0 bridgehead atoms. The van der Waals surface area contributed by atoms with Crippen LogP contribution in [0, 0.1) is 10.1 Å². The third-order valence-electron chi connectivity index (χ3n) is 5.24. The number of benzene rings is 1. The molecule has 1 aliphatic rings. The summed E-state index contributed by atoms with van der Waals surface area (Å²) in [5.74, 6) is -5.35. The van der Waals surface area contributed by atoms with Crippen molar-refractivity contribution in [2.75, 3.05) is 23.8 Å². The summed E-state index contributed by atoms with van der Waals surface area (Å²) < 4.78 is 61.2. The maximum absolute atomic E-state index is 13.2. The van der Waals surface area contributed by atoms with Crippen LogP contribution in [0.3, 0.4) is 0 Å². The lowest BCUT2D eigenvalue weighted by Gasteiger charge is -2.17. The molecule has 0 saturated carbocycles. The summed E-state index contributed by atoms with van der Waals surface area (Å²) in [6.45, 7) is 0.214. The SMILES string of the molecule is CCOC(=O)c1c(NC(=S)Nc2cc(OCC(F)(F)C(F)F)cc([N+](=O)[O-])c2)sc2c1CCCCC2. The largest absolute Gasteiger partial charge is 0.487 e. The van der Waals surface area contributed by atoms with Crippen molar-refractivity contribution in [3.8, 4) is 5.75 Å². The zero-order valence-electron chi connectivity index (χ0n) is 19.1. The summed E-state index contributed by atoms with van der Waals surface area (Å²) in [4.78, 5) is 24.2. The van der Waals surface area contributed by atoms with E-state index >= 15 is 0 Å². The summed E-state index contributed by atoms with van der Waals surface area (Å²) in [7, 11) is 0. The predicted octanol–water partition coefficient (Wildman–Crippen LogP) is 6.19. The van der Waals surface area contributed by atoms with Gasteiger partial charge in [0.2, 0.25) is 0 Å². The van der Waals surface area contributed by atoms with E-state index in [9.17, 15) is 32.5 Å². The topological polar surface area (TPSA) is 103 Å². The second-order valence-corrected chi connectivity index (χ2v) is 9.40. The number of hydrogen-bond acceptors (Lipinski definition) is 7. The highest BCUT2D eigenvalue weighted by atomic mass is 32.1. The van der Waals surface area contributed by atoms with Gasteiger partial charge in [0.1, 0.15) is 10.8 Å². The molecule has 2 N–H and O–H groups in total. The summed E-state index contributed by atoms with van der Waals surface area (Å²) in [6.07, 6.45) is 0.533. The molecule has 14 heteroatoms. The average molecular weight is 550 g/mol. The normalized spacial score (nSPS) is 13.5. The Morgan fingerprint density at radius 1 is 1.22 bits per heavy atom. The van der Waals surface area contributed by atoms with Gasteiger partial charge >= 0.3 is 18.3 Å². The van der Waals surface area contributed by atoms with Crippen LogP contribution in [0.1, 0.15) is 47.0 Å². The number of fused-ring (bicyclic) bond motifs is 1. The van der Waals surface area contributed by atoms with E-state index in [0.29, 0.717) is 10.6 Å². The number of nitrogens with zero attached hydrogens (tertiary/aromatic N) is 1. The number of aryl methyl sites for hydroxylation is 1. The Kier molecular flexibility index (Phi) is 9.06. The molecule has 0 saturated heterocycles. The quantitative estimate of drug-likeness (QED) is 0.0954. The molecule has 0 radical (unpaired) electrons. The van der Waals surface area contributed by atoms with Crippen LogP contribution in [0.15, 0.2) is 18.2 Å². The third kappa shape index (κ3) is 6.81. The van der Waals surface area contributed by atoms with E-state index in [1.54, 1.807) is 6.92 Å². The molecule has 0 amide bonds. The number of thiocarbonyl (C=S) groups is 1. The van der Waals surface area contributed by atoms with Gasteiger partial charge in [-0.3, -0.25) is 10.1 Å². The number of nitrogens with one attached hydrogen (secondary N) is 2. The van der Waals surface area contributed by atoms with E-state index in [1.165, 1.54) is 11.3 Å². The van der Waals surface area contributed by atoms with Gasteiger partial charge in [0.05, 0.1) is 28.8 Å². The maximum atomic E-state index is 13.2. The number of nitro groups is 1. The fraction of sp³-hybridized carbons (Fsp3) is 0.455. The highest BCUT2D eigenvalue weighted by Crippen LogP contribution is 2.38. The number of non-ortho nitro benzene ring substituents is 1. The van der Waals surface area contributed by atoms with Crippen LogP contribution < -0.4 is 15.4 Å². The second kappa shape index (κ2) is 11.8. The van der Waals surface area contributed by atoms with Crippen molar-refractivity contribution in [1.29, 1.82) is 0 Å². The van der Waals surface area contributed by atoms with Gasteiger partial charge in [-0.25, -0.2) is 13.6 Å². The number of nitro benzene ring substituents is 1. The summed E-state index contributed by atoms with van der Waals surface area (Å²) in [5.41, 5.74) is 0.758. The van der Waals surface area contributed by atoms with Gasteiger partial charge in [-0.2, -0.15) is 8.78 Å². The lowest BCUT2D eigenvalue weighted by atomic mass is 10.1. The van der Waals surface area contributed by atoms with Crippen molar-refractivity contribution in [3.05, 3.63) is 44.3 Å². The summed E-state index contributed by atoms with van der Waals surface area (Å²) in [6, 6.07) is 3.01. The van der Waals surface area contributed by atoms with Gasteiger partial charge in [0.15, 0.2) is 11.7 Å². The van der Waals surface area contributed by atoms with Crippen molar-refractivity contribution < 1.29 is 36.8 Å². The number of esters is 1. The molecule has 0 fully saturated rings. The Bertz CT molecular complexity index is 1140. The van der Waals surface area contributed by atoms with Crippen LogP contribution in [0.4, 0.5) is 33.9 Å². The van der Waals surface area contributed by atoms with Gasteiger partial charge < -0.3 is 20.1 Å². The van der Waals surface area contributed by atoms with Crippen molar-refractivity contribution in [3.63, 3.8) is 0 Å². The van der Waals surface area contributed by atoms with E-state index in [4.69, 9.17) is 21.7 Å². The second-order valence-electron chi connectivity index (χ2n) is 7.89. The summed E-state index contributed by atoms with van der Waals surface area (Å²) in [5, 5.41) is 17.3. The first-order valence-electron chi connectivity index (χ1n) is 11.0. The van der Waals surface area contributed by atoms with Crippen LogP contribution in [0.25, 0.3) is 0 Å². The van der Waals surface area contributed by atoms with Gasteiger partial charge in [-0.1, -0.05) is 6.42 Å². The highest BCUT2D eigenvalue weighted by Gasteiger charge is 2.41. The minimum absolute atomic E-state index is 0.00660. The number of hydrogen-bond donors (Lipinski definition) is 2. The first-order chi connectivity index (χ1) is 17.0. The van der Waals surface area contributed by atoms with E-state index < -0.39 is 41.3 Å². The van der Waals surface area contributed by atoms with Gasteiger partial charge in [-0.15, -0.1) is 11.3 Å². The molecule has 1 aromatic carbocycles. The molecule has 196 valence electrons. The van der Waals surface area contributed by atoms with E-state index in [2.05, 4.69) is 10.6 Å². The molecule has 0 atom stereocenters. The first kappa shape index (κ1) is 27.6. The summed E-state index contributed by atoms with van der Waals surface area (Å²) >= 11 is 6.68. The molecule has 2 aromatic rings. The minimum atomic E-state index is -4.43. The monoisotopic (exact) mass is 549 g/mol. The van der Waals surface area contributed by atoms with Crippen molar-refractivity contribution in [1.82, 2.24) is 0 Å². The number of thiophene rings is 1. The lowest BCUT2D eigenvalue weighted by Crippen LogP contribution is -2.33. The molecule has 36 heavy (non-hydrogen) atoms. The molecular formula is C22H23F4N3O5S2. The number of ether oxygens (including phenoxy) is 2. The average Bonchev–Trinajstić information content (AvgIpc) is 2.97. The fourth-order valence-electron chi connectivity index (χ4n) is 3.60. The van der Waals surface area contributed by atoms with Crippen LogP contribution in [0.5, 0.6) is 5.75 Å². The molecule has 0 spiro atoms. The van der Waals surface area contributed by atoms with Gasteiger partial charge in [-0.05, 0) is 50.4 Å². The Labute approximate surface area is 213 Å². The Morgan fingerprint density at radius 3 is 2.61 bits per heavy atom. The number of carbonyl (C=O) groups excluding carboxylic acids is 1. The lowest BCUT2D eigenvalue weighted by molar-refractivity contribution is -0.384. The Hall–Kier alpha value is -3.00. The van der Waals surface area contributed by atoms with Crippen molar-refractivity contribution in [2.24, 2.45) is 0 Å². The zero-order chi connectivity index (χ0) is 26.5. The molecule has 1 aromatic heterocycles. The van der Waals surface area contributed by atoms with E-state index in [1.807, 2.05) is 0 Å².